The Balaban J connectivity index is 2.26. The van der Waals surface area contributed by atoms with Crippen LogP contribution in [0.25, 0.3) is 0 Å². The zero-order chi connectivity index (χ0) is 14.5. The molecule has 1 nitrogen and oxygen atoms in total. The minimum atomic E-state index is 0.160. The van der Waals surface area contributed by atoms with Crippen LogP contribution >= 0.6 is 39.1 Å². The number of hydrogen-bond acceptors (Lipinski definition) is 1. The molecule has 0 aliphatic carbocycles. The summed E-state index contributed by atoms with van der Waals surface area (Å²) < 4.78 is 1.09. The first-order valence-corrected chi connectivity index (χ1v) is 8.08. The summed E-state index contributed by atoms with van der Waals surface area (Å²) in [7, 11) is 0. The molecule has 20 heavy (non-hydrogen) atoms. The van der Waals surface area contributed by atoms with E-state index in [4.69, 9.17) is 23.2 Å². The van der Waals surface area contributed by atoms with Crippen LogP contribution in [0, 0.1) is 0 Å². The van der Waals surface area contributed by atoms with Gasteiger partial charge in [-0.25, -0.2) is 0 Å². The van der Waals surface area contributed by atoms with Gasteiger partial charge in [-0.2, -0.15) is 0 Å². The smallest absolute Gasteiger partial charge is 0.0640 e. The molecule has 0 bridgehead atoms. The molecule has 106 valence electrons. The Morgan fingerprint density at radius 1 is 1.10 bits per heavy atom. The summed E-state index contributed by atoms with van der Waals surface area (Å²) in [5.74, 6) is 0. The SMILES string of the molecule is CCNC(Cc1ccc(Br)cc1)c1cccc(Cl)c1Cl. The van der Waals surface area contributed by atoms with Gasteiger partial charge in [-0.05, 0) is 42.3 Å². The van der Waals surface area contributed by atoms with E-state index in [2.05, 4.69) is 52.4 Å². The van der Waals surface area contributed by atoms with Crippen molar-refractivity contribution in [2.75, 3.05) is 6.54 Å². The molecule has 1 atom stereocenters. The molecule has 0 radical (unpaired) electrons. The molecule has 0 aliphatic heterocycles. The monoisotopic (exact) mass is 371 g/mol. The number of rotatable bonds is 5. The van der Waals surface area contributed by atoms with E-state index in [0.717, 1.165) is 23.0 Å². The minimum absolute atomic E-state index is 0.160. The van der Waals surface area contributed by atoms with Crippen molar-refractivity contribution in [3.05, 3.63) is 68.1 Å². The first-order valence-electron chi connectivity index (χ1n) is 6.53. The molecule has 1 unspecified atom stereocenters. The number of nitrogens with one attached hydrogen (secondary N) is 1. The second kappa shape index (κ2) is 7.46. The third-order valence-electron chi connectivity index (χ3n) is 3.16. The molecule has 4 heteroatoms. The van der Waals surface area contributed by atoms with Crippen LogP contribution in [0.3, 0.4) is 0 Å². The molecule has 0 saturated heterocycles. The summed E-state index contributed by atoms with van der Waals surface area (Å²) in [6.07, 6.45) is 0.876. The van der Waals surface area contributed by atoms with Crippen LogP contribution in [0.5, 0.6) is 0 Å². The highest BCUT2D eigenvalue weighted by atomic mass is 79.9. The third kappa shape index (κ3) is 3.98. The van der Waals surface area contributed by atoms with Crippen LogP contribution in [0.2, 0.25) is 10.0 Å². The molecule has 0 spiro atoms. The average Bonchev–Trinajstić information content (AvgIpc) is 2.44. The highest BCUT2D eigenvalue weighted by Crippen LogP contribution is 2.31. The predicted octanol–water partition coefficient (Wildman–Crippen LogP) is 5.65. The molecule has 0 amide bonds. The maximum absolute atomic E-state index is 6.34. The van der Waals surface area contributed by atoms with Gasteiger partial charge < -0.3 is 5.32 Å². The Labute approximate surface area is 138 Å². The highest BCUT2D eigenvalue weighted by molar-refractivity contribution is 9.10. The summed E-state index contributed by atoms with van der Waals surface area (Å²) in [6, 6.07) is 14.3. The normalized spacial score (nSPS) is 12.4. The average molecular weight is 373 g/mol. The lowest BCUT2D eigenvalue weighted by atomic mass is 9.99. The van der Waals surface area contributed by atoms with Gasteiger partial charge in [0.2, 0.25) is 0 Å². The fourth-order valence-electron chi connectivity index (χ4n) is 2.18. The summed E-state index contributed by atoms with van der Waals surface area (Å²) in [5.41, 5.74) is 2.30. The van der Waals surface area contributed by atoms with Gasteiger partial charge in [-0.3, -0.25) is 0 Å². The molecule has 0 aliphatic rings. The van der Waals surface area contributed by atoms with Crippen LogP contribution in [-0.4, -0.2) is 6.54 Å². The second-order valence-electron chi connectivity index (χ2n) is 4.58. The van der Waals surface area contributed by atoms with Gasteiger partial charge in [0.15, 0.2) is 0 Å². The van der Waals surface area contributed by atoms with Crippen LogP contribution in [0.15, 0.2) is 46.9 Å². The largest absolute Gasteiger partial charge is 0.310 e. The lowest BCUT2D eigenvalue weighted by Crippen LogP contribution is -2.23. The lowest BCUT2D eigenvalue weighted by Gasteiger charge is -2.20. The summed E-state index contributed by atoms with van der Waals surface area (Å²) in [5, 5.41) is 4.71. The number of halogens is 3. The van der Waals surface area contributed by atoms with Crippen molar-refractivity contribution in [1.29, 1.82) is 0 Å². The Kier molecular flexibility index (Phi) is 5.91. The van der Waals surface area contributed by atoms with Gasteiger partial charge in [0, 0.05) is 10.5 Å². The Morgan fingerprint density at radius 3 is 2.45 bits per heavy atom. The molecular formula is C16H16BrCl2N. The van der Waals surface area contributed by atoms with Gasteiger partial charge in [-0.1, -0.05) is 70.3 Å². The molecular weight excluding hydrogens is 357 g/mol. The molecule has 0 aromatic heterocycles. The van der Waals surface area contributed by atoms with Gasteiger partial charge >= 0.3 is 0 Å². The van der Waals surface area contributed by atoms with Crippen molar-refractivity contribution in [3.63, 3.8) is 0 Å². The van der Waals surface area contributed by atoms with E-state index in [0.29, 0.717) is 10.0 Å². The van der Waals surface area contributed by atoms with Crippen molar-refractivity contribution in [2.24, 2.45) is 0 Å². The predicted molar refractivity (Wildman–Crippen MR) is 90.7 cm³/mol. The quantitative estimate of drug-likeness (QED) is 0.714. The van der Waals surface area contributed by atoms with E-state index in [1.165, 1.54) is 5.56 Å². The first-order chi connectivity index (χ1) is 9.61. The van der Waals surface area contributed by atoms with Crippen molar-refractivity contribution >= 4 is 39.1 Å². The fraction of sp³-hybridized carbons (Fsp3) is 0.250. The molecule has 0 fully saturated rings. The number of hydrogen-bond donors (Lipinski definition) is 1. The van der Waals surface area contributed by atoms with Gasteiger partial charge in [0.1, 0.15) is 0 Å². The molecule has 0 saturated carbocycles. The van der Waals surface area contributed by atoms with E-state index in [1.807, 2.05) is 18.2 Å². The lowest BCUT2D eigenvalue weighted by molar-refractivity contribution is 0.550. The summed E-state index contributed by atoms with van der Waals surface area (Å²) in [4.78, 5) is 0. The summed E-state index contributed by atoms with van der Waals surface area (Å²) >= 11 is 15.9. The van der Waals surface area contributed by atoms with Crippen molar-refractivity contribution < 1.29 is 0 Å². The number of likely N-dealkylation sites (N-methyl/N-ethyl adjacent to an activating group) is 1. The molecule has 2 aromatic rings. The van der Waals surface area contributed by atoms with E-state index in [9.17, 15) is 0 Å². The van der Waals surface area contributed by atoms with Crippen molar-refractivity contribution in [1.82, 2.24) is 5.32 Å². The van der Waals surface area contributed by atoms with Gasteiger partial charge in [0.05, 0.1) is 10.0 Å². The molecule has 2 rings (SSSR count). The second-order valence-corrected chi connectivity index (χ2v) is 6.28. The summed E-state index contributed by atoms with van der Waals surface area (Å²) in [6.45, 7) is 2.97. The van der Waals surface area contributed by atoms with Crippen LogP contribution in [-0.2, 0) is 6.42 Å². The zero-order valence-corrected chi connectivity index (χ0v) is 14.3. The maximum atomic E-state index is 6.34. The van der Waals surface area contributed by atoms with Gasteiger partial charge in [0.25, 0.3) is 0 Å². The minimum Gasteiger partial charge on any atom is -0.310 e. The third-order valence-corrected chi connectivity index (χ3v) is 4.52. The van der Waals surface area contributed by atoms with Gasteiger partial charge in [-0.15, -0.1) is 0 Å². The Morgan fingerprint density at radius 2 is 1.80 bits per heavy atom. The molecule has 2 aromatic carbocycles. The first kappa shape index (κ1) is 15.8. The standard InChI is InChI=1S/C16H16BrCl2N/c1-2-20-15(10-11-6-8-12(17)9-7-11)13-4-3-5-14(18)16(13)19/h3-9,15,20H,2,10H2,1H3. The number of benzene rings is 2. The molecule has 1 N–H and O–H groups in total. The van der Waals surface area contributed by atoms with Crippen LogP contribution in [0.1, 0.15) is 24.1 Å². The Bertz CT molecular complexity index is 569. The zero-order valence-electron chi connectivity index (χ0n) is 11.2. The van der Waals surface area contributed by atoms with E-state index in [-0.39, 0.29) is 6.04 Å². The highest BCUT2D eigenvalue weighted by Gasteiger charge is 2.16. The molecule has 0 heterocycles. The Hall–Kier alpha value is -0.540. The maximum Gasteiger partial charge on any atom is 0.0640 e. The van der Waals surface area contributed by atoms with Crippen molar-refractivity contribution in [3.8, 4) is 0 Å². The van der Waals surface area contributed by atoms with E-state index < -0.39 is 0 Å². The van der Waals surface area contributed by atoms with Crippen LogP contribution < -0.4 is 5.32 Å². The van der Waals surface area contributed by atoms with Crippen molar-refractivity contribution in [2.45, 2.75) is 19.4 Å². The van der Waals surface area contributed by atoms with E-state index >= 15 is 0 Å². The van der Waals surface area contributed by atoms with E-state index in [1.54, 1.807) is 0 Å². The van der Waals surface area contributed by atoms with Crippen LogP contribution in [0.4, 0.5) is 0 Å². The fourth-order valence-corrected chi connectivity index (χ4v) is 2.89. The topological polar surface area (TPSA) is 12.0 Å².